The number of halogens is 2. The van der Waals surface area contributed by atoms with E-state index >= 15 is 0 Å². The molecule has 2 rings (SSSR count). The second kappa shape index (κ2) is 5.49. The number of rotatable bonds is 2. The van der Waals surface area contributed by atoms with Crippen molar-refractivity contribution < 1.29 is 0 Å². The third kappa shape index (κ3) is 2.71. The molecule has 1 aromatic rings. The third-order valence-electron chi connectivity index (χ3n) is 3.62. The number of benzene rings is 1. The molecule has 0 saturated carbocycles. The largest absolute Gasteiger partial charge is 0.367 e. The van der Waals surface area contributed by atoms with Crippen molar-refractivity contribution in [2.75, 3.05) is 11.4 Å². The maximum absolute atomic E-state index is 6.35. The minimum absolute atomic E-state index is 0.521. The lowest BCUT2D eigenvalue weighted by atomic mass is 9.94. The summed E-state index contributed by atoms with van der Waals surface area (Å²) in [5, 5.41) is 0.823. The Labute approximate surface area is 114 Å². The minimum Gasteiger partial charge on any atom is -0.367 e. The van der Waals surface area contributed by atoms with Gasteiger partial charge in [0.1, 0.15) is 0 Å². The highest BCUT2D eigenvalue weighted by Gasteiger charge is 2.26. The van der Waals surface area contributed by atoms with Gasteiger partial charge in [0.15, 0.2) is 0 Å². The highest BCUT2D eigenvalue weighted by atomic mass is 35.5. The number of nitrogens with zero attached hydrogens (tertiary/aromatic N) is 1. The van der Waals surface area contributed by atoms with Gasteiger partial charge in [-0.25, -0.2) is 0 Å². The molecule has 1 saturated heterocycles. The van der Waals surface area contributed by atoms with E-state index in [0.29, 0.717) is 11.9 Å². The highest BCUT2D eigenvalue weighted by Crippen LogP contribution is 2.36. The Morgan fingerprint density at radius 2 is 2.06 bits per heavy atom. The predicted octanol–water partition coefficient (Wildman–Crippen LogP) is 4.70. The van der Waals surface area contributed by atoms with Crippen molar-refractivity contribution in [1.82, 2.24) is 0 Å². The zero-order valence-electron chi connectivity index (χ0n) is 10.4. The van der Waals surface area contributed by atoms with E-state index in [1.807, 2.05) is 12.1 Å². The van der Waals surface area contributed by atoms with Crippen molar-refractivity contribution in [1.29, 1.82) is 0 Å². The molecule has 0 bridgehead atoms. The number of para-hydroxylation sites is 1. The van der Waals surface area contributed by atoms with Crippen LogP contribution in [0, 0.1) is 5.92 Å². The van der Waals surface area contributed by atoms with E-state index in [-0.39, 0.29) is 0 Å². The molecule has 1 aromatic carbocycles. The molecule has 0 radical (unpaired) electrons. The quantitative estimate of drug-likeness (QED) is 0.705. The monoisotopic (exact) mass is 271 g/mol. The predicted molar refractivity (Wildman–Crippen MR) is 76.2 cm³/mol. The zero-order chi connectivity index (χ0) is 12.4. The van der Waals surface area contributed by atoms with E-state index < -0.39 is 0 Å². The Morgan fingerprint density at radius 3 is 2.76 bits per heavy atom. The van der Waals surface area contributed by atoms with Crippen molar-refractivity contribution in [2.45, 2.75) is 38.6 Å². The van der Waals surface area contributed by atoms with Crippen molar-refractivity contribution in [2.24, 2.45) is 5.92 Å². The Bertz CT molecular complexity index is 392. The van der Waals surface area contributed by atoms with E-state index in [4.69, 9.17) is 23.2 Å². The summed E-state index contributed by atoms with van der Waals surface area (Å²) in [5.74, 6) is 1.25. The molecule has 1 aliphatic rings. The molecule has 17 heavy (non-hydrogen) atoms. The van der Waals surface area contributed by atoms with Crippen LogP contribution in [0.2, 0.25) is 5.02 Å². The van der Waals surface area contributed by atoms with E-state index in [0.717, 1.165) is 28.7 Å². The standard InChI is InChI=1S/C14H19Cl2N/c1-10-6-7-11(2)17(9-10)14-12(8-15)4-3-5-13(14)16/h3-5,10-11H,6-9H2,1-2H3. The van der Waals surface area contributed by atoms with Gasteiger partial charge in [-0.2, -0.15) is 0 Å². The molecule has 1 fully saturated rings. The van der Waals surface area contributed by atoms with Gasteiger partial charge in [0.2, 0.25) is 0 Å². The molecular weight excluding hydrogens is 253 g/mol. The van der Waals surface area contributed by atoms with E-state index in [1.165, 1.54) is 12.8 Å². The van der Waals surface area contributed by atoms with Gasteiger partial charge in [-0.3, -0.25) is 0 Å². The van der Waals surface area contributed by atoms with Crippen molar-refractivity contribution in [3.05, 3.63) is 28.8 Å². The average Bonchev–Trinajstić information content (AvgIpc) is 2.32. The number of anilines is 1. The summed E-state index contributed by atoms with van der Waals surface area (Å²) >= 11 is 12.4. The van der Waals surface area contributed by atoms with Crippen LogP contribution in [0.4, 0.5) is 5.69 Å². The molecule has 3 heteroatoms. The lowest BCUT2D eigenvalue weighted by Crippen LogP contribution is -2.41. The maximum atomic E-state index is 6.35. The van der Waals surface area contributed by atoms with Gasteiger partial charge < -0.3 is 4.90 Å². The molecule has 0 amide bonds. The lowest BCUT2D eigenvalue weighted by molar-refractivity contribution is 0.390. The van der Waals surface area contributed by atoms with Crippen LogP contribution in [0.1, 0.15) is 32.3 Å². The van der Waals surface area contributed by atoms with Crippen molar-refractivity contribution in [3.63, 3.8) is 0 Å². The number of alkyl halides is 1. The average molecular weight is 272 g/mol. The third-order valence-corrected chi connectivity index (χ3v) is 4.21. The summed E-state index contributed by atoms with van der Waals surface area (Å²) < 4.78 is 0. The van der Waals surface area contributed by atoms with Gasteiger partial charge in [-0.05, 0) is 37.3 Å². The second-order valence-corrected chi connectivity index (χ2v) is 5.74. The first kappa shape index (κ1) is 13.0. The molecule has 1 aliphatic heterocycles. The Kier molecular flexibility index (Phi) is 4.22. The minimum atomic E-state index is 0.521. The topological polar surface area (TPSA) is 3.24 Å². The van der Waals surface area contributed by atoms with Crippen LogP contribution < -0.4 is 4.90 Å². The van der Waals surface area contributed by atoms with Gasteiger partial charge >= 0.3 is 0 Å². The van der Waals surface area contributed by atoms with Gasteiger partial charge in [0, 0.05) is 18.5 Å². The highest BCUT2D eigenvalue weighted by molar-refractivity contribution is 6.33. The number of piperidine rings is 1. The lowest BCUT2D eigenvalue weighted by Gasteiger charge is -2.40. The van der Waals surface area contributed by atoms with Crippen LogP contribution in [-0.2, 0) is 5.88 Å². The molecule has 2 unspecified atom stereocenters. The van der Waals surface area contributed by atoms with E-state index in [1.54, 1.807) is 0 Å². The second-order valence-electron chi connectivity index (χ2n) is 5.07. The van der Waals surface area contributed by atoms with E-state index in [2.05, 4.69) is 24.8 Å². The number of hydrogen-bond acceptors (Lipinski definition) is 1. The van der Waals surface area contributed by atoms with Crippen LogP contribution in [0.3, 0.4) is 0 Å². The van der Waals surface area contributed by atoms with Crippen molar-refractivity contribution >= 4 is 28.9 Å². The summed E-state index contributed by atoms with van der Waals surface area (Å²) in [6.07, 6.45) is 2.53. The zero-order valence-corrected chi connectivity index (χ0v) is 11.9. The van der Waals surface area contributed by atoms with Crippen LogP contribution in [-0.4, -0.2) is 12.6 Å². The molecule has 0 N–H and O–H groups in total. The van der Waals surface area contributed by atoms with Gasteiger partial charge in [-0.15, -0.1) is 11.6 Å². The van der Waals surface area contributed by atoms with E-state index in [9.17, 15) is 0 Å². The first-order valence-electron chi connectivity index (χ1n) is 6.23. The van der Waals surface area contributed by atoms with Gasteiger partial charge in [0.25, 0.3) is 0 Å². The fourth-order valence-corrected chi connectivity index (χ4v) is 3.11. The first-order valence-corrected chi connectivity index (χ1v) is 7.14. The van der Waals surface area contributed by atoms with Gasteiger partial charge in [-0.1, -0.05) is 30.7 Å². The number of hydrogen-bond donors (Lipinski definition) is 0. The van der Waals surface area contributed by atoms with Crippen molar-refractivity contribution in [3.8, 4) is 0 Å². The molecule has 0 aliphatic carbocycles. The fourth-order valence-electron chi connectivity index (χ4n) is 2.59. The Balaban J connectivity index is 2.37. The van der Waals surface area contributed by atoms with Crippen LogP contribution in [0.25, 0.3) is 0 Å². The molecule has 1 heterocycles. The summed E-state index contributed by atoms with van der Waals surface area (Å²) in [7, 11) is 0. The Hall–Kier alpha value is -0.400. The summed E-state index contributed by atoms with van der Waals surface area (Å²) in [6, 6.07) is 6.55. The molecular formula is C14H19Cl2N. The van der Waals surface area contributed by atoms with Crippen LogP contribution in [0.5, 0.6) is 0 Å². The Morgan fingerprint density at radius 1 is 1.29 bits per heavy atom. The molecule has 0 spiro atoms. The molecule has 2 atom stereocenters. The summed E-state index contributed by atoms with van der Waals surface area (Å²) in [5.41, 5.74) is 2.28. The SMILES string of the molecule is CC1CCC(C)N(c2c(Cl)cccc2CCl)C1. The molecule has 94 valence electrons. The van der Waals surface area contributed by atoms with Gasteiger partial charge in [0.05, 0.1) is 10.7 Å². The molecule has 1 nitrogen and oxygen atoms in total. The first-order chi connectivity index (χ1) is 8.13. The molecule has 0 aromatic heterocycles. The summed E-state index contributed by atoms with van der Waals surface area (Å²) in [6.45, 7) is 5.65. The van der Waals surface area contributed by atoms with Crippen LogP contribution in [0.15, 0.2) is 18.2 Å². The smallest absolute Gasteiger partial charge is 0.0642 e. The fraction of sp³-hybridized carbons (Fsp3) is 0.571. The summed E-state index contributed by atoms with van der Waals surface area (Å²) in [4.78, 5) is 2.42. The van der Waals surface area contributed by atoms with Crippen LogP contribution >= 0.6 is 23.2 Å². The maximum Gasteiger partial charge on any atom is 0.0642 e. The normalized spacial score (nSPS) is 25.1.